The first-order valence-corrected chi connectivity index (χ1v) is 11.5. The molecule has 1 amide bonds. The number of carbonyl (C=O) groups is 2. The minimum atomic E-state index is -0.613. The van der Waals surface area contributed by atoms with Gasteiger partial charge >= 0.3 is 5.97 Å². The van der Waals surface area contributed by atoms with Gasteiger partial charge in [0, 0.05) is 10.0 Å². The van der Waals surface area contributed by atoms with Crippen LogP contribution in [0.3, 0.4) is 0 Å². The summed E-state index contributed by atoms with van der Waals surface area (Å²) in [5.41, 5.74) is 3.17. The van der Waals surface area contributed by atoms with Crippen molar-refractivity contribution < 1.29 is 28.9 Å². The Balaban J connectivity index is 1.52. The first kappa shape index (κ1) is 24.7. The predicted octanol–water partition coefficient (Wildman–Crippen LogP) is 5.31. The monoisotopic (exact) mass is 548 g/mol. The highest BCUT2D eigenvalue weighted by Gasteiger charge is 2.15. The Kier molecular flexibility index (Phi) is 7.50. The van der Waals surface area contributed by atoms with Gasteiger partial charge in [0.1, 0.15) is 11.5 Å². The van der Waals surface area contributed by atoms with Gasteiger partial charge in [0.05, 0.1) is 31.6 Å². The third-order valence-corrected chi connectivity index (χ3v) is 5.77. The van der Waals surface area contributed by atoms with E-state index in [0.29, 0.717) is 21.5 Å². The second kappa shape index (κ2) is 10.9. The van der Waals surface area contributed by atoms with Crippen LogP contribution in [0, 0.1) is 0 Å². The van der Waals surface area contributed by atoms with Crippen LogP contribution in [0.4, 0.5) is 0 Å². The molecule has 0 unspecified atom stereocenters. The number of fused-ring (bicyclic) bond motifs is 1. The number of nitrogens with one attached hydrogen (secondary N) is 1. The number of halogens is 1. The zero-order chi connectivity index (χ0) is 25.7. The third kappa shape index (κ3) is 5.47. The van der Waals surface area contributed by atoms with Gasteiger partial charge in [-0.25, -0.2) is 10.2 Å². The number of phenols is 1. The Hall–Kier alpha value is -4.37. The molecule has 182 valence electrons. The predicted molar refractivity (Wildman–Crippen MR) is 139 cm³/mol. The number of aromatic hydroxyl groups is 1. The number of hydrazone groups is 1. The fraction of sp³-hybridized carbons (Fsp3) is 0.0741. The van der Waals surface area contributed by atoms with Gasteiger partial charge < -0.3 is 19.3 Å². The van der Waals surface area contributed by atoms with Crippen LogP contribution in [0.5, 0.6) is 23.0 Å². The molecule has 4 aromatic rings. The number of esters is 1. The Morgan fingerprint density at radius 2 is 1.58 bits per heavy atom. The molecule has 0 bridgehead atoms. The van der Waals surface area contributed by atoms with E-state index in [2.05, 4.69) is 26.5 Å². The topological polar surface area (TPSA) is 106 Å². The maximum absolute atomic E-state index is 12.8. The van der Waals surface area contributed by atoms with E-state index in [9.17, 15) is 14.7 Å². The summed E-state index contributed by atoms with van der Waals surface area (Å²) in [6, 6.07) is 20.2. The lowest BCUT2D eigenvalue weighted by molar-refractivity contribution is 0.0733. The van der Waals surface area contributed by atoms with Gasteiger partial charge in [0.15, 0.2) is 11.5 Å². The fourth-order valence-electron chi connectivity index (χ4n) is 3.47. The quantitative estimate of drug-likeness (QED) is 0.140. The van der Waals surface area contributed by atoms with Crippen molar-refractivity contribution in [3.05, 3.63) is 94.0 Å². The molecule has 4 aromatic carbocycles. The molecule has 0 aliphatic heterocycles. The summed E-state index contributed by atoms with van der Waals surface area (Å²) in [5.74, 6) is -0.257. The van der Waals surface area contributed by atoms with Crippen LogP contribution in [-0.2, 0) is 0 Å². The van der Waals surface area contributed by atoms with E-state index in [4.69, 9.17) is 14.2 Å². The molecule has 0 fully saturated rings. The van der Waals surface area contributed by atoms with Crippen molar-refractivity contribution in [1.82, 2.24) is 5.43 Å². The van der Waals surface area contributed by atoms with Crippen molar-refractivity contribution in [2.45, 2.75) is 0 Å². The van der Waals surface area contributed by atoms with Crippen LogP contribution in [0.1, 0.15) is 26.3 Å². The van der Waals surface area contributed by atoms with Crippen LogP contribution in [0.2, 0.25) is 0 Å². The van der Waals surface area contributed by atoms with E-state index in [0.717, 1.165) is 10.8 Å². The lowest BCUT2D eigenvalue weighted by Gasteiger charge is -2.11. The first-order valence-electron chi connectivity index (χ1n) is 10.7. The Labute approximate surface area is 215 Å². The molecule has 0 spiro atoms. The summed E-state index contributed by atoms with van der Waals surface area (Å²) in [7, 11) is 2.98. The largest absolute Gasteiger partial charge is 0.507 e. The molecule has 0 radical (unpaired) electrons. The standard InChI is InChI=1S/C27H21BrN2O6/c1-34-24-9-7-18(14-25(24)35-2)27(33)36-23-10-8-20(28)11-19(23)15-29-30-26(32)21-12-16-5-3-4-6-17(16)13-22(21)31/h3-15,31H,1-2H3,(H,30,32)/b29-15-. The van der Waals surface area contributed by atoms with Crippen LogP contribution < -0.4 is 19.6 Å². The van der Waals surface area contributed by atoms with Crippen molar-refractivity contribution >= 4 is 44.8 Å². The number of nitrogens with zero attached hydrogens (tertiary/aromatic N) is 1. The number of ether oxygens (including phenoxy) is 3. The number of hydrogen-bond donors (Lipinski definition) is 2. The van der Waals surface area contributed by atoms with Gasteiger partial charge in [-0.2, -0.15) is 5.10 Å². The number of phenolic OH excluding ortho intramolecular Hbond substituents is 1. The zero-order valence-electron chi connectivity index (χ0n) is 19.3. The molecular weight excluding hydrogens is 528 g/mol. The van der Waals surface area contributed by atoms with Crippen LogP contribution in [0.15, 0.2) is 82.4 Å². The molecule has 9 heteroatoms. The maximum Gasteiger partial charge on any atom is 0.343 e. The Morgan fingerprint density at radius 3 is 2.31 bits per heavy atom. The second-order valence-electron chi connectivity index (χ2n) is 7.56. The van der Waals surface area contributed by atoms with Gasteiger partial charge in [0.25, 0.3) is 5.91 Å². The number of methoxy groups -OCH3 is 2. The molecule has 0 atom stereocenters. The van der Waals surface area contributed by atoms with E-state index in [1.807, 2.05) is 24.3 Å². The molecule has 4 rings (SSSR count). The van der Waals surface area contributed by atoms with Crippen LogP contribution >= 0.6 is 15.9 Å². The number of benzene rings is 4. The highest BCUT2D eigenvalue weighted by molar-refractivity contribution is 9.10. The minimum Gasteiger partial charge on any atom is -0.507 e. The SMILES string of the molecule is COc1ccc(C(=O)Oc2ccc(Br)cc2/C=N\NC(=O)c2cc3ccccc3cc2O)cc1OC. The zero-order valence-corrected chi connectivity index (χ0v) is 20.9. The summed E-state index contributed by atoms with van der Waals surface area (Å²) in [4.78, 5) is 25.4. The lowest BCUT2D eigenvalue weighted by Crippen LogP contribution is -2.18. The average Bonchev–Trinajstić information content (AvgIpc) is 2.89. The number of rotatable bonds is 7. The third-order valence-electron chi connectivity index (χ3n) is 5.27. The Bertz CT molecular complexity index is 1480. The molecule has 0 aliphatic carbocycles. The van der Waals surface area contributed by atoms with Gasteiger partial charge in [-0.15, -0.1) is 0 Å². The van der Waals surface area contributed by atoms with E-state index >= 15 is 0 Å². The summed E-state index contributed by atoms with van der Waals surface area (Å²) in [5, 5.41) is 15.9. The van der Waals surface area contributed by atoms with Crippen molar-refractivity contribution in [2.75, 3.05) is 14.2 Å². The van der Waals surface area contributed by atoms with Gasteiger partial charge in [-0.3, -0.25) is 4.79 Å². The molecule has 0 saturated heterocycles. The Morgan fingerprint density at radius 1 is 0.889 bits per heavy atom. The normalized spacial score (nSPS) is 10.9. The summed E-state index contributed by atoms with van der Waals surface area (Å²) in [6.07, 6.45) is 1.35. The molecule has 0 saturated carbocycles. The molecule has 36 heavy (non-hydrogen) atoms. The highest BCUT2D eigenvalue weighted by Crippen LogP contribution is 2.29. The van der Waals surface area contributed by atoms with Crippen molar-refractivity contribution in [2.24, 2.45) is 5.10 Å². The smallest absolute Gasteiger partial charge is 0.343 e. The molecule has 2 N–H and O–H groups in total. The van der Waals surface area contributed by atoms with E-state index in [1.165, 1.54) is 32.6 Å². The van der Waals surface area contributed by atoms with E-state index in [-0.39, 0.29) is 22.6 Å². The number of amides is 1. The molecule has 0 heterocycles. The average molecular weight is 549 g/mol. The van der Waals surface area contributed by atoms with Gasteiger partial charge in [-0.1, -0.05) is 40.2 Å². The van der Waals surface area contributed by atoms with Crippen LogP contribution in [-0.4, -0.2) is 37.4 Å². The van der Waals surface area contributed by atoms with Gasteiger partial charge in [-0.05, 0) is 59.3 Å². The summed E-state index contributed by atoms with van der Waals surface area (Å²) < 4.78 is 16.7. The summed E-state index contributed by atoms with van der Waals surface area (Å²) in [6.45, 7) is 0. The van der Waals surface area contributed by atoms with Crippen molar-refractivity contribution in [3.8, 4) is 23.0 Å². The lowest BCUT2D eigenvalue weighted by atomic mass is 10.1. The maximum atomic E-state index is 12.8. The van der Waals surface area contributed by atoms with E-state index in [1.54, 1.807) is 36.4 Å². The highest BCUT2D eigenvalue weighted by atomic mass is 79.9. The summed E-state index contributed by atoms with van der Waals surface area (Å²) >= 11 is 3.38. The van der Waals surface area contributed by atoms with Gasteiger partial charge in [0.2, 0.25) is 0 Å². The van der Waals surface area contributed by atoms with Crippen molar-refractivity contribution in [1.29, 1.82) is 0 Å². The molecule has 0 aromatic heterocycles. The number of carbonyl (C=O) groups excluding carboxylic acids is 2. The number of hydrogen-bond acceptors (Lipinski definition) is 7. The molecule has 0 aliphatic rings. The molecular formula is C27H21BrN2O6. The fourth-order valence-corrected chi connectivity index (χ4v) is 3.84. The van der Waals surface area contributed by atoms with Crippen molar-refractivity contribution in [3.63, 3.8) is 0 Å². The molecule has 8 nitrogen and oxygen atoms in total. The second-order valence-corrected chi connectivity index (χ2v) is 8.47. The van der Waals surface area contributed by atoms with E-state index < -0.39 is 11.9 Å². The minimum absolute atomic E-state index is 0.0835. The van der Waals surface area contributed by atoms with Crippen LogP contribution in [0.25, 0.3) is 10.8 Å². The first-order chi connectivity index (χ1) is 17.4.